The summed E-state index contributed by atoms with van der Waals surface area (Å²) in [6.45, 7) is 0. The molecule has 2 aromatic heterocycles. The number of thiophene rings is 1. The van der Waals surface area contributed by atoms with Crippen molar-refractivity contribution in [1.82, 2.24) is 4.98 Å². The summed E-state index contributed by atoms with van der Waals surface area (Å²) in [4.78, 5) is 3.72. The number of benzene rings is 6. The molecule has 0 saturated carbocycles. The van der Waals surface area contributed by atoms with Gasteiger partial charge < -0.3 is 4.98 Å². The Hall–Kier alpha value is -4.66. The summed E-state index contributed by atoms with van der Waals surface area (Å²) in [5, 5.41) is 5.25. The molecule has 0 fully saturated rings. The second-order valence-corrected chi connectivity index (χ2v) is 11.3. The van der Waals surface area contributed by atoms with Crippen molar-refractivity contribution in [3.8, 4) is 22.3 Å². The van der Waals surface area contributed by atoms with Gasteiger partial charge in [-0.1, -0.05) is 109 Å². The largest absolute Gasteiger partial charge is 0.354 e. The maximum absolute atomic E-state index is 3.72. The number of nitrogens with one attached hydrogen (secondary N) is 1. The van der Waals surface area contributed by atoms with Crippen LogP contribution in [0.2, 0.25) is 0 Å². The zero-order chi connectivity index (χ0) is 25.8. The minimum atomic E-state index is 0.872. The molecule has 0 amide bonds. The van der Waals surface area contributed by atoms with E-state index < -0.39 is 0 Å². The molecule has 39 heavy (non-hydrogen) atoms. The molecule has 8 rings (SSSR count). The molecule has 0 aliphatic carbocycles. The Kier molecular flexibility index (Phi) is 5.14. The standard InChI is InChI=1S/C37H25NS/c1-2-9-25(10-3-1)27-22-28(36-33(23-27)30-11-4-6-15-34(30)38-36)21-24-17-19-26(20-18-24)29-13-8-14-32-31-12-5-7-16-35(31)39-37(29)32/h1-20,22-23,38H,21H2. The van der Waals surface area contributed by atoms with E-state index in [2.05, 4.69) is 138 Å². The Morgan fingerprint density at radius 2 is 1.26 bits per heavy atom. The van der Waals surface area contributed by atoms with Crippen LogP contribution in [0.15, 0.2) is 133 Å². The van der Waals surface area contributed by atoms with Gasteiger partial charge in [0, 0.05) is 36.5 Å². The van der Waals surface area contributed by atoms with Crippen molar-refractivity contribution in [2.45, 2.75) is 6.42 Å². The van der Waals surface area contributed by atoms with E-state index in [0.717, 1.165) is 6.42 Å². The number of hydrogen-bond donors (Lipinski definition) is 1. The zero-order valence-electron chi connectivity index (χ0n) is 21.3. The first-order valence-electron chi connectivity index (χ1n) is 13.4. The smallest absolute Gasteiger partial charge is 0.0501 e. The average molecular weight is 516 g/mol. The van der Waals surface area contributed by atoms with Crippen LogP contribution in [0.3, 0.4) is 0 Å². The number of rotatable bonds is 4. The predicted octanol–water partition coefficient (Wildman–Crippen LogP) is 10.6. The van der Waals surface area contributed by atoms with E-state index >= 15 is 0 Å². The molecule has 0 bridgehead atoms. The molecule has 2 heteroatoms. The topological polar surface area (TPSA) is 15.8 Å². The number of H-pyrrole nitrogens is 1. The maximum Gasteiger partial charge on any atom is 0.0501 e. The molecular weight excluding hydrogens is 490 g/mol. The Bertz CT molecular complexity index is 2130. The van der Waals surface area contributed by atoms with E-state index in [1.54, 1.807) is 0 Å². The van der Waals surface area contributed by atoms with Crippen LogP contribution in [0, 0.1) is 0 Å². The molecule has 0 saturated heterocycles. The number of aromatic nitrogens is 1. The minimum absolute atomic E-state index is 0.872. The van der Waals surface area contributed by atoms with Gasteiger partial charge in [0.1, 0.15) is 0 Å². The molecule has 184 valence electrons. The molecule has 0 aliphatic rings. The van der Waals surface area contributed by atoms with E-state index in [-0.39, 0.29) is 0 Å². The molecule has 0 radical (unpaired) electrons. The van der Waals surface area contributed by atoms with Gasteiger partial charge in [-0.25, -0.2) is 0 Å². The van der Waals surface area contributed by atoms with Gasteiger partial charge in [-0.15, -0.1) is 11.3 Å². The van der Waals surface area contributed by atoms with Crippen molar-refractivity contribution in [3.63, 3.8) is 0 Å². The van der Waals surface area contributed by atoms with Gasteiger partial charge in [-0.05, 0) is 64.1 Å². The summed E-state index contributed by atoms with van der Waals surface area (Å²) in [5.74, 6) is 0. The van der Waals surface area contributed by atoms with Crippen molar-refractivity contribution in [1.29, 1.82) is 0 Å². The van der Waals surface area contributed by atoms with Crippen LogP contribution >= 0.6 is 11.3 Å². The lowest BCUT2D eigenvalue weighted by molar-refractivity contribution is 1.20. The van der Waals surface area contributed by atoms with Gasteiger partial charge in [-0.2, -0.15) is 0 Å². The molecule has 0 atom stereocenters. The first-order valence-corrected chi connectivity index (χ1v) is 14.2. The van der Waals surface area contributed by atoms with E-state index in [0.29, 0.717) is 0 Å². The highest BCUT2D eigenvalue weighted by Crippen LogP contribution is 2.40. The molecule has 1 N–H and O–H groups in total. The SMILES string of the molecule is c1ccc(-c2cc(Cc3ccc(-c4cccc5c4sc4ccccc45)cc3)c3[nH]c4ccccc4c3c2)cc1. The average Bonchev–Trinajstić information content (AvgIpc) is 3.57. The van der Waals surface area contributed by atoms with Crippen molar-refractivity contribution in [2.75, 3.05) is 0 Å². The van der Waals surface area contributed by atoms with Crippen LogP contribution < -0.4 is 0 Å². The van der Waals surface area contributed by atoms with Crippen LogP contribution in [-0.2, 0) is 6.42 Å². The highest BCUT2D eigenvalue weighted by atomic mass is 32.1. The highest BCUT2D eigenvalue weighted by molar-refractivity contribution is 7.26. The molecule has 2 heterocycles. The number of aromatic amines is 1. The maximum atomic E-state index is 3.72. The van der Waals surface area contributed by atoms with Gasteiger partial charge in [0.25, 0.3) is 0 Å². The zero-order valence-corrected chi connectivity index (χ0v) is 22.1. The van der Waals surface area contributed by atoms with Gasteiger partial charge >= 0.3 is 0 Å². The second kappa shape index (κ2) is 8.97. The minimum Gasteiger partial charge on any atom is -0.354 e. The van der Waals surface area contributed by atoms with Gasteiger partial charge in [-0.3, -0.25) is 0 Å². The van der Waals surface area contributed by atoms with Crippen LogP contribution in [0.25, 0.3) is 64.2 Å². The number of hydrogen-bond acceptors (Lipinski definition) is 1. The number of para-hydroxylation sites is 1. The third kappa shape index (κ3) is 3.76. The van der Waals surface area contributed by atoms with Crippen LogP contribution in [0.1, 0.15) is 11.1 Å². The summed E-state index contributed by atoms with van der Waals surface area (Å²) in [6.07, 6.45) is 0.872. The Labute approximate surface area is 231 Å². The third-order valence-electron chi connectivity index (χ3n) is 7.87. The Morgan fingerprint density at radius 1 is 0.513 bits per heavy atom. The Morgan fingerprint density at radius 3 is 2.13 bits per heavy atom. The summed E-state index contributed by atoms with van der Waals surface area (Å²) < 4.78 is 2.71. The number of fused-ring (bicyclic) bond motifs is 6. The van der Waals surface area contributed by atoms with E-state index in [1.807, 2.05) is 11.3 Å². The highest BCUT2D eigenvalue weighted by Gasteiger charge is 2.13. The fourth-order valence-corrected chi connectivity index (χ4v) is 7.20. The van der Waals surface area contributed by atoms with Crippen molar-refractivity contribution >= 4 is 53.3 Å². The lowest BCUT2D eigenvalue weighted by Gasteiger charge is -2.10. The van der Waals surface area contributed by atoms with Gasteiger partial charge in [0.05, 0.1) is 5.52 Å². The lowest BCUT2D eigenvalue weighted by atomic mass is 9.95. The molecule has 0 spiro atoms. The fourth-order valence-electron chi connectivity index (χ4n) is 5.96. The van der Waals surface area contributed by atoms with Gasteiger partial charge in [0.2, 0.25) is 0 Å². The molecule has 0 unspecified atom stereocenters. The first-order chi connectivity index (χ1) is 19.3. The van der Waals surface area contributed by atoms with Crippen molar-refractivity contribution in [2.24, 2.45) is 0 Å². The summed E-state index contributed by atoms with van der Waals surface area (Å²) in [6, 6.07) is 48.6. The summed E-state index contributed by atoms with van der Waals surface area (Å²) >= 11 is 1.89. The quantitative estimate of drug-likeness (QED) is 0.240. The molecule has 1 nitrogen and oxygen atoms in total. The lowest BCUT2D eigenvalue weighted by Crippen LogP contribution is -1.92. The van der Waals surface area contributed by atoms with E-state index in [9.17, 15) is 0 Å². The monoisotopic (exact) mass is 515 g/mol. The summed E-state index contributed by atoms with van der Waals surface area (Å²) in [5.41, 5.74) is 10.1. The molecule has 0 aliphatic heterocycles. The molecule has 6 aromatic carbocycles. The van der Waals surface area contributed by atoms with Crippen molar-refractivity contribution in [3.05, 3.63) is 145 Å². The van der Waals surface area contributed by atoms with Gasteiger partial charge in [0.15, 0.2) is 0 Å². The summed E-state index contributed by atoms with van der Waals surface area (Å²) in [7, 11) is 0. The van der Waals surface area contributed by atoms with Crippen LogP contribution in [-0.4, -0.2) is 4.98 Å². The predicted molar refractivity (Wildman–Crippen MR) is 169 cm³/mol. The molecule has 8 aromatic rings. The van der Waals surface area contributed by atoms with Crippen molar-refractivity contribution < 1.29 is 0 Å². The normalized spacial score (nSPS) is 11.7. The van der Waals surface area contributed by atoms with Crippen LogP contribution in [0.5, 0.6) is 0 Å². The van der Waals surface area contributed by atoms with Crippen LogP contribution in [0.4, 0.5) is 0 Å². The van der Waals surface area contributed by atoms with E-state index in [1.165, 1.54) is 75.4 Å². The second-order valence-electron chi connectivity index (χ2n) is 10.2. The van der Waals surface area contributed by atoms with E-state index in [4.69, 9.17) is 0 Å². The third-order valence-corrected chi connectivity index (χ3v) is 9.09. The Balaban J connectivity index is 1.22. The first kappa shape index (κ1) is 22.3. The fraction of sp³-hybridized carbons (Fsp3) is 0.0270. The molecular formula is C37H25NS.